The van der Waals surface area contributed by atoms with E-state index in [1.807, 2.05) is 0 Å². The number of carbonyl (C=O) groups excluding carboxylic acids is 2. The molecule has 0 spiro atoms. The molecule has 23 heavy (non-hydrogen) atoms. The predicted molar refractivity (Wildman–Crippen MR) is 84.5 cm³/mol. The molecule has 7 heteroatoms. The van der Waals surface area contributed by atoms with E-state index in [0.717, 1.165) is 6.42 Å². The molecule has 1 fully saturated rings. The Labute approximate surface area is 197 Å². The fourth-order valence-corrected chi connectivity index (χ4v) is 2.60. The minimum Gasteiger partial charge on any atom is -0.358 e. The van der Waals surface area contributed by atoms with Crippen LogP contribution in [0.4, 0.5) is 4.39 Å². The van der Waals surface area contributed by atoms with E-state index >= 15 is 0 Å². The molecule has 2 atom stereocenters. The summed E-state index contributed by atoms with van der Waals surface area (Å²) < 4.78 is 13.3. The Morgan fingerprint density at radius 3 is 2.70 bits per heavy atom. The molecule has 0 aromatic heterocycles. The summed E-state index contributed by atoms with van der Waals surface area (Å²) in [7, 11) is 5.77. The van der Waals surface area contributed by atoms with Gasteiger partial charge in [0.1, 0.15) is 11.6 Å². The molecule has 2 radical (unpaired) electrons. The molecule has 0 saturated carbocycles. The van der Waals surface area contributed by atoms with E-state index in [1.54, 1.807) is 12.1 Å². The van der Waals surface area contributed by atoms with Gasteiger partial charge in [0, 0.05) is 6.42 Å². The zero-order chi connectivity index (χ0) is 15.4. The predicted octanol–water partition coefficient (Wildman–Crippen LogP) is -1.04. The van der Waals surface area contributed by atoms with E-state index < -0.39 is 11.9 Å². The number of nitrogens with zero attached hydrogens (tertiary/aromatic N) is 1. The van der Waals surface area contributed by atoms with Gasteiger partial charge in [0.2, 0.25) is 5.91 Å². The van der Waals surface area contributed by atoms with Crippen molar-refractivity contribution in [2.24, 2.45) is 0 Å². The normalized spacial score (nSPS) is 18.4. The van der Waals surface area contributed by atoms with Crippen LogP contribution in [0.2, 0.25) is 0 Å². The number of hydrogen-bond donors (Lipinski definition) is 1. The molecule has 1 aliphatic rings. The Hall–Kier alpha value is 0.367. The minimum absolute atomic E-state index is 0. The molecular weight excluding hydrogens is 415 g/mol. The topological polar surface area (TPSA) is 49.4 Å². The van der Waals surface area contributed by atoms with Gasteiger partial charge in [0.25, 0.3) is 0 Å². The number of halogens is 1. The van der Waals surface area contributed by atoms with Crippen molar-refractivity contribution < 1.29 is 82.9 Å². The van der Waals surface area contributed by atoms with Crippen molar-refractivity contribution in [3.05, 3.63) is 43.1 Å². The molecule has 1 amide bonds. The van der Waals surface area contributed by atoms with Crippen LogP contribution in [-0.4, -0.2) is 37.1 Å². The van der Waals surface area contributed by atoms with E-state index in [-0.39, 0.29) is 100 Å². The van der Waals surface area contributed by atoms with Gasteiger partial charge in [-0.1, -0.05) is 12.1 Å². The first-order valence-corrected chi connectivity index (χ1v) is 7.04. The zero-order valence-electron chi connectivity index (χ0n) is 14.0. The van der Waals surface area contributed by atoms with Crippen LogP contribution in [0.15, 0.2) is 24.3 Å². The van der Waals surface area contributed by atoms with Crippen molar-refractivity contribution in [2.75, 3.05) is 6.54 Å². The average molecular weight is 436 g/mol. The smallest absolute Gasteiger partial charge is 0.358 e. The van der Waals surface area contributed by atoms with Gasteiger partial charge in [-0.3, -0.25) is 9.59 Å². The molecule has 118 valence electrons. The van der Waals surface area contributed by atoms with Crippen LogP contribution in [-0.2, 0) is 9.59 Å². The molecule has 4 nitrogen and oxygen atoms in total. The maximum Gasteiger partial charge on any atom is 1.00 e. The van der Waals surface area contributed by atoms with E-state index in [9.17, 15) is 14.0 Å². The van der Waals surface area contributed by atoms with Gasteiger partial charge in [-0.15, -0.1) is 0 Å². The van der Waals surface area contributed by atoms with Gasteiger partial charge in [0.05, 0.1) is 12.1 Å². The van der Waals surface area contributed by atoms with Crippen LogP contribution in [0.1, 0.15) is 37.8 Å². The summed E-state index contributed by atoms with van der Waals surface area (Å²) in [5, 5.41) is 2.82. The third-order valence-corrected chi connectivity index (χ3v) is 3.66. The van der Waals surface area contributed by atoms with Crippen molar-refractivity contribution in [2.45, 2.75) is 38.3 Å². The Morgan fingerprint density at radius 2 is 2.17 bits per heavy atom. The summed E-state index contributed by atoms with van der Waals surface area (Å²) in [5.41, 5.74) is 0.583. The largest absolute Gasteiger partial charge is 1.00 e. The third-order valence-electron chi connectivity index (χ3n) is 3.66. The van der Waals surface area contributed by atoms with E-state index in [1.165, 1.54) is 23.9 Å². The Morgan fingerprint density at radius 1 is 1.48 bits per heavy atom. The van der Waals surface area contributed by atoms with Crippen molar-refractivity contribution in [1.82, 2.24) is 10.1 Å². The van der Waals surface area contributed by atoms with Crippen LogP contribution < -0.4 is 74.2 Å². The second kappa shape index (κ2) is 11.1. The van der Waals surface area contributed by atoms with Gasteiger partial charge in [-0.25, -0.2) is 4.39 Å². The molecule has 1 aliphatic heterocycles. The standard InChI is InChI=1S/C15H18BFN2O2.CH3.Cs/c1-10(20)8-13(11-4-2-5-12(17)9-11)18-15(21)14-6-3-7-19(14)16;;/h2,4-5,9,13-14H,3,6-8H2,1H3,(H,18,21);1H3;/q;-1;+1. The number of nitrogens with one attached hydrogen (secondary N) is 1. The maximum atomic E-state index is 13.3. The van der Waals surface area contributed by atoms with Crippen molar-refractivity contribution in [1.29, 1.82) is 0 Å². The summed E-state index contributed by atoms with van der Waals surface area (Å²) in [6, 6.07) is 5.02. The molecule has 1 heterocycles. The third kappa shape index (κ3) is 7.02. The van der Waals surface area contributed by atoms with Crippen LogP contribution in [0.5, 0.6) is 0 Å². The molecule has 1 aromatic carbocycles. The fraction of sp³-hybridized carbons (Fsp3) is 0.438. The second-order valence-electron chi connectivity index (χ2n) is 5.42. The number of hydrogen-bond acceptors (Lipinski definition) is 3. The van der Waals surface area contributed by atoms with Gasteiger partial charge in [-0.05, 0) is 44.0 Å². The van der Waals surface area contributed by atoms with Gasteiger partial charge < -0.3 is 17.6 Å². The molecule has 2 rings (SSSR count). The second-order valence-corrected chi connectivity index (χ2v) is 5.42. The van der Waals surface area contributed by atoms with Gasteiger partial charge >= 0.3 is 68.9 Å². The summed E-state index contributed by atoms with van der Waals surface area (Å²) in [6.45, 7) is 2.12. The Kier molecular flexibility index (Phi) is 11.3. The first-order chi connectivity index (χ1) is 9.97. The molecule has 2 unspecified atom stereocenters. The number of carbonyl (C=O) groups is 2. The first-order valence-electron chi connectivity index (χ1n) is 7.04. The Bertz CT molecular complexity index is 545. The van der Waals surface area contributed by atoms with Crippen molar-refractivity contribution in [3.8, 4) is 0 Å². The first kappa shape index (κ1) is 23.4. The molecule has 1 N–H and O–H groups in total. The molecule has 0 bridgehead atoms. The average Bonchev–Trinajstić information content (AvgIpc) is 2.83. The Balaban J connectivity index is 0.00000242. The van der Waals surface area contributed by atoms with Crippen molar-refractivity contribution in [3.63, 3.8) is 0 Å². The molecular formula is C16H21BCsFN2O2. The summed E-state index contributed by atoms with van der Waals surface area (Å²) in [4.78, 5) is 25.2. The van der Waals surface area contributed by atoms with Crippen LogP contribution in [0, 0.1) is 13.2 Å². The molecule has 0 aliphatic carbocycles. The monoisotopic (exact) mass is 436 g/mol. The van der Waals surface area contributed by atoms with Crippen molar-refractivity contribution >= 4 is 19.7 Å². The molecule has 1 aromatic rings. The van der Waals surface area contributed by atoms with E-state index in [4.69, 9.17) is 7.98 Å². The summed E-state index contributed by atoms with van der Waals surface area (Å²) >= 11 is 0. The zero-order valence-corrected chi connectivity index (χ0v) is 20.3. The number of rotatable bonds is 5. The summed E-state index contributed by atoms with van der Waals surface area (Å²) in [5.74, 6) is -0.678. The number of amides is 1. The van der Waals surface area contributed by atoms with Crippen LogP contribution in [0.25, 0.3) is 0 Å². The van der Waals surface area contributed by atoms with Gasteiger partial charge in [-0.2, -0.15) is 0 Å². The van der Waals surface area contributed by atoms with Crippen LogP contribution >= 0.6 is 0 Å². The maximum absolute atomic E-state index is 13.3. The minimum atomic E-state index is -0.528. The van der Waals surface area contributed by atoms with E-state index in [2.05, 4.69) is 5.32 Å². The molecule has 1 saturated heterocycles. The van der Waals surface area contributed by atoms with Gasteiger partial charge in [0.15, 0.2) is 7.98 Å². The SMILES string of the molecule is [B]N1CCCC1C(=O)NC(CC(C)=O)c1cccc(F)c1.[CH3-].[Cs+]. The van der Waals surface area contributed by atoms with E-state index in [0.29, 0.717) is 18.5 Å². The number of benzene rings is 1. The quantitative estimate of drug-likeness (QED) is 0.475. The van der Waals surface area contributed by atoms with Crippen LogP contribution in [0.3, 0.4) is 0 Å². The number of ketones is 1. The number of Topliss-reactive ketones (excluding diaryl/α,β-unsaturated/α-hetero) is 1. The summed E-state index contributed by atoms with van der Waals surface area (Å²) in [6.07, 6.45) is 1.69. The fourth-order valence-electron chi connectivity index (χ4n) is 2.60.